The van der Waals surface area contributed by atoms with Crippen LogP contribution in [0.15, 0.2) is 60.2 Å². The van der Waals surface area contributed by atoms with Crippen molar-refractivity contribution in [1.82, 2.24) is 0 Å². The van der Waals surface area contributed by atoms with Crippen molar-refractivity contribution in [3.05, 3.63) is 65.7 Å². The Labute approximate surface area is 169 Å². The first-order valence-electron chi connectivity index (χ1n) is 9.57. The van der Waals surface area contributed by atoms with Gasteiger partial charge in [0.25, 0.3) is 5.91 Å². The van der Waals surface area contributed by atoms with Crippen molar-refractivity contribution in [3.63, 3.8) is 0 Å². The van der Waals surface area contributed by atoms with Crippen LogP contribution in [0.25, 0.3) is 0 Å². The van der Waals surface area contributed by atoms with Gasteiger partial charge in [-0.05, 0) is 50.1 Å². The molecule has 1 N–H and O–H groups in total. The molecule has 0 saturated carbocycles. The highest BCUT2D eigenvalue weighted by molar-refractivity contribution is 6.22. The van der Waals surface area contributed by atoms with Crippen LogP contribution in [-0.2, 0) is 9.59 Å². The Morgan fingerprint density at radius 3 is 2.62 bits per heavy atom. The lowest BCUT2D eigenvalue weighted by molar-refractivity contribution is -0.122. The number of carbonyl (C=O) groups is 3. The van der Waals surface area contributed by atoms with Crippen LogP contribution in [0.5, 0.6) is 5.75 Å². The molecule has 29 heavy (non-hydrogen) atoms. The van der Waals surface area contributed by atoms with Crippen LogP contribution in [0.4, 0.5) is 11.4 Å². The Morgan fingerprint density at radius 2 is 1.83 bits per heavy atom. The molecule has 6 heteroatoms. The quantitative estimate of drug-likeness (QED) is 0.637. The largest absolute Gasteiger partial charge is 0.497 e. The van der Waals surface area contributed by atoms with Gasteiger partial charge >= 0.3 is 0 Å². The SMILES string of the molecule is COc1cccc(NC(=O)c2cccc(N3C(=O)C4CC=C(C)CC4C3=O)c2)c1. The van der Waals surface area contributed by atoms with Gasteiger partial charge in [-0.25, -0.2) is 0 Å². The molecule has 1 heterocycles. The minimum atomic E-state index is -0.325. The molecule has 148 valence electrons. The van der Waals surface area contributed by atoms with Crippen molar-refractivity contribution < 1.29 is 19.1 Å². The summed E-state index contributed by atoms with van der Waals surface area (Å²) < 4.78 is 5.17. The molecular formula is C23H22N2O4. The summed E-state index contributed by atoms with van der Waals surface area (Å²) in [4.78, 5) is 39.7. The first-order chi connectivity index (χ1) is 14.0. The van der Waals surface area contributed by atoms with Gasteiger partial charge < -0.3 is 10.1 Å². The molecule has 0 radical (unpaired) electrons. The molecule has 2 aromatic rings. The van der Waals surface area contributed by atoms with Gasteiger partial charge in [-0.2, -0.15) is 0 Å². The molecule has 1 fully saturated rings. The monoisotopic (exact) mass is 390 g/mol. The second-order valence-corrected chi connectivity index (χ2v) is 7.45. The molecule has 1 saturated heterocycles. The number of ether oxygens (including phenoxy) is 1. The van der Waals surface area contributed by atoms with Crippen LogP contribution in [-0.4, -0.2) is 24.8 Å². The zero-order valence-corrected chi connectivity index (χ0v) is 16.3. The summed E-state index contributed by atoms with van der Waals surface area (Å²) in [6.45, 7) is 1.99. The number of imide groups is 1. The number of hydrogen-bond donors (Lipinski definition) is 1. The summed E-state index contributed by atoms with van der Waals surface area (Å²) in [5.74, 6) is -0.667. The van der Waals surface area contributed by atoms with Crippen LogP contribution < -0.4 is 15.0 Å². The number of fused-ring (bicyclic) bond motifs is 1. The Kier molecular flexibility index (Phi) is 4.92. The molecule has 2 aliphatic rings. The Bertz CT molecular complexity index is 1030. The van der Waals surface area contributed by atoms with Gasteiger partial charge in [0.15, 0.2) is 0 Å². The normalized spacial score (nSPS) is 20.9. The smallest absolute Gasteiger partial charge is 0.255 e. The number of methoxy groups -OCH3 is 1. The number of carbonyl (C=O) groups excluding carboxylic acids is 3. The number of anilines is 2. The second-order valence-electron chi connectivity index (χ2n) is 7.45. The highest BCUT2D eigenvalue weighted by atomic mass is 16.5. The summed E-state index contributed by atoms with van der Waals surface area (Å²) in [6.07, 6.45) is 3.24. The summed E-state index contributed by atoms with van der Waals surface area (Å²) in [5.41, 5.74) is 2.54. The lowest BCUT2D eigenvalue weighted by atomic mass is 9.82. The van der Waals surface area contributed by atoms with E-state index in [0.717, 1.165) is 5.57 Å². The number of nitrogens with one attached hydrogen (secondary N) is 1. The zero-order valence-electron chi connectivity index (χ0n) is 16.3. The van der Waals surface area contributed by atoms with Crippen molar-refractivity contribution in [2.75, 3.05) is 17.3 Å². The minimum absolute atomic E-state index is 0.183. The fourth-order valence-electron chi connectivity index (χ4n) is 3.98. The van der Waals surface area contributed by atoms with Crippen molar-refractivity contribution in [3.8, 4) is 5.75 Å². The van der Waals surface area contributed by atoms with Crippen molar-refractivity contribution in [1.29, 1.82) is 0 Å². The molecule has 2 aromatic carbocycles. The van der Waals surface area contributed by atoms with Gasteiger partial charge in [0.1, 0.15) is 5.75 Å². The van der Waals surface area contributed by atoms with Gasteiger partial charge in [-0.1, -0.05) is 23.8 Å². The fourth-order valence-corrected chi connectivity index (χ4v) is 3.98. The zero-order chi connectivity index (χ0) is 20.5. The molecule has 1 aliphatic carbocycles. The highest BCUT2D eigenvalue weighted by Gasteiger charge is 2.48. The van der Waals surface area contributed by atoms with Gasteiger partial charge in [-0.15, -0.1) is 0 Å². The summed E-state index contributed by atoms with van der Waals surface area (Å²) in [7, 11) is 1.56. The van der Waals surface area contributed by atoms with Crippen LogP contribution >= 0.6 is 0 Å². The standard InChI is InChI=1S/C23H22N2O4/c1-14-9-10-19-20(11-14)23(28)25(22(19)27)17-7-3-5-15(12-17)21(26)24-16-6-4-8-18(13-16)29-2/h3-9,12-13,19-20H,10-11H2,1-2H3,(H,24,26). The predicted octanol–water partition coefficient (Wildman–Crippen LogP) is 3.79. The maximum Gasteiger partial charge on any atom is 0.255 e. The van der Waals surface area contributed by atoms with E-state index in [1.54, 1.807) is 55.6 Å². The van der Waals surface area contributed by atoms with Crippen LogP contribution in [0.3, 0.4) is 0 Å². The second kappa shape index (κ2) is 7.54. The fraction of sp³-hybridized carbons (Fsp3) is 0.261. The molecule has 2 atom stereocenters. The molecule has 0 bridgehead atoms. The molecule has 2 unspecified atom stereocenters. The lowest BCUT2D eigenvalue weighted by Gasteiger charge is -2.18. The van der Waals surface area contributed by atoms with Gasteiger partial charge in [0, 0.05) is 17.3 Å². The van der Waals surface area contributed by atoms with E-state index < -0.39 is 0 Å². The van der Waals surface area contributed by atoms with E-state index in [2.05, 4.69) is 5.32 Å². The van der Waals surface area contributed by atoms with Gasteiger partial charge in [0.2, 0.25) is 11.8 Å². The third kappa shape index (κ3) is 3.53. The summed E-state index contributed by atoms with van der Waals surface area (Å²) in [5, 5.41) is 2.81. The molecule has 0 spiro atoms. The topological polar surface area (TPSA) is 75.7 Å². The number of amides is 3. The van der Waals surface area contributed by atoms with Gasteiger partial charge in [0.05, 0.1) is 24.6 Å². The average molecular weight is 390 g/mol. The van der Waals surface area contributed by atoms with E-state index in [1.165, 1.54) is 4.90 Å². The first kappa shape index (κ1) is 18.9. The van der Waals surface area contributed by atoms with E-state index in [0.29, 0.717) is 35.5 Å². The highest BCUT2D eigenvalue weighted by Crippen LogP contribution is 2.39. The van der Waals surface area contributed by atoms with E-state index in [9.17, 15) is 14.4 Å². The lowest BCUT2D eigenvalue weighted by Crippen LogP contribution is -2.31. The van der Waals surface area contributed by atoms with Crippen LogP contribution in [0.1, 0.15) is 30.1 Å². The molecule has 3 amide bonds. The van der Waals surface area contributed by atoms with E-state index in [1.807, 2.05) is 13.0 Å². The maximum atomic E-state index is 12.9. The Morgan fingerprint density at radius 1 is 1.07 bits per heavy atom. The Balaban J connectivity index is 1.56. The number of nitrogens with zero attached hydrogens (tertiary/aromatic N) is 1. The van der Waals surface area contributed by atoms with Gasteiger partial charge in [-0.3, -0.25) is 19.3 Å². The maximum absolute atomic E-state index is 12.9. The van der Waals surface area contributed by atoms with E-state index in [-0.39, 0.29) is 29.6 Å². The number of rotatable bonds is 4. The number of allylic oxidation sites excluding steroid dienone is 2. The van der Waals surface area contributed by atoms with Crippen LogP contribution in [0, 0.1) is 11.8 Å². The van der Waals surface area contributed by atoms with Crippen molar-refractivity contribution in [2.24, 2.45) is 11.8 Å². The minimum Gasteiger partial charge on any atom is -0.497 e. The number of hydrogen-bond acceptors (Lipinski definition) is 4. The van der Waals surface area contributed by atoms with E-state index in [4.69, 9.17) is 4.74 Å². The molecule has 0 aromatic heterocycles. The Hall–Kier alpha value is -3.41. The van der Waals surface area contributed by atoms with Crippen molar-refractivity contribution >= 4 is 29.1 Å². The van der Waals surface area contributed by atoms with E-state index >= 15 is 0 Å². The summed E-state index contributed by atoms with van der Waals surface area (Å²) in [6, 6.07) is 13.7. The van der Waals surface area contributed by atoms with Crippen LogP contribution in [0.2, 0.25) is 0 Å². The number of benzene rings is 2. The molecular weight excluding hydrogens is 368 g/mol. The third-order valence-corrected chi connectivity index (χ3v) is 5.52. The predicted molar refractivity (Wildman–Crippen MR) is 110 cm³/mol. The third-order valence-electron chi connectivity index (χ3n) is 5.52. The average Bonchev–Trinajstić information content (AvgIpc) is 2.98. The van der Waals surface area contributed by atoms with Crippen molar-refractivity contribution in [2.45, 2.75) is 19.8 Å². The summed E-state index contributed by atoms with van der Waals surface area (Å²) >= 11 is 0. The molecule has 6 nitrogen and oxygen atoms in total. The first-order valence-corrected chi connectivity index (χ1v) is 9.57. The molecule has 1 aliphatic heterocycles. The molecule has 4 rings (SSSR count).